The minimum atomic E-state index is -0.504. The van der Waals surface area contributed by atoms with Gasteiger partial charge in [0.05, 0.1) is 12.2 Å². The average Bonchev–Trinajstić information content (AvgIpc) is 2.65. The number of amides is 2. The maximum Gasteiger partial charge on any atom is 0.244 e. The Labute approximate surface area is 169 Å². The van der Waals surface area contributed by atoms with E-state index in [0.717, 1.165) is 10.0 Å². The lowest BCUT2D eigenvalue weighted by Crippen LogP contribution is -2.44. The van der Waals surface area contributed by atoms with Crippen LogP contribution in [-0.4, -0.2) is 48.3 Å². The lowest BCUT2D eigenvalue weighted by Gasteiger charge is -2.31. The molecular formula is C21H26BrN3O2. The van der Waals surface area contributed by atoms with Gasteiger partial charge in [0, 0.05) is 17.6 Å². The summed E-state index contributed by atoms with van der Waals surface area (Å²) in [6.07, 6.45) is 0. The van der Waals surface area contributed by atoms with Gasteiger partial charge in [-0.3, -0.25) is 14.5 Å². The number of carbonyl (C=O) groups is 2. The Morgan fingerprint density at radius 3 is 2.19 bits per heavy atom. The van der Waals surface area contributed by atoms with Crippen molar-refractivity contribution in [3.8, 4) is 0 Å². The Bertz CT molecular complexity index is 763. The van der Waals surface area contributed by atoms with E-state index in [-0.39, 0.29) is 18.4 Å². The van der Waals surface area contributed by atoms with Crippen molar-refractivity contribution in [1.29, 1.82) is 0 Å². The first kappa shape index (κ1) is 21.1. The zero-order valence-electron chi connectivity index (χ0n) is 16.0. The van der Waals surface area contributed by atoms with Gasteiger partial charge in [-0.25, -0.2) is 0 Å². The summed E-state index contributed by atoms with van der Waals surface area (Å²) in [5.41, 5.74) is 1.59. The fourth-order valence-electron chi connectivity index (χ4n) is 3.00. The highest BCUT2D eigenvalue weighted by Gasteiger charge is 2.29. The molecule has 6 heteroatoms. The van der Waals surface area contributed by atoms with Gasteiger partial charge in [0.1, 0.15) is 6.04 Å². The summed E-state index contributed by atoms with van der Waals surface area (Å²) in [7, 11) is 1.80. The molecule has 0 saturated heterocycles. The first-order valence-electron chi connectivity index (χ1n) is 9.06. The molecule has 144 valence electrons. The summed E-state index contributed by atoms with van der Waals surface area (Å²) in [6.45, 7) is 5.30. The Hall–Kier alpha value is -2.18. The van der Waals surface area contributed by atoms with Gasteiger partial charge >= 0.3 is 0 Å². The number of carbonyl (C=O) groups excluding carboxylic acids is 2. The Morgan fingerprint density at radius 1 is 1.00 bits per heavy atom. The quantitative estimate of drug-likeness (QED) is 0.688. The number of benzene rings is 2. The van der Waals surface area contributed by atoms with Crippen molar-refractivity contribution in [3.63, 3.8) is 0 Å². The predicted octanol–water partition coefficient (Wildman–Crippen LogP) is 3.93. The van der Waals surface area contributed by atoms with Crippen molar-refractivity contribution in [2.45, 2.75) is 19.9 Å². The smallest absolute Gasteiger partial charge is 0.244 e. The van der Waals surface area contributed by atoms with Crippen LogP contribution in [0.4, 0.5) is 5.69 Å². The standard InChI is InChI=1S/C21H26BrN3O2/c1-4-25(5-2)21(27)20(16-11-7-6-8-12-16)24(3)15-19(26)23-18-14-10-9-13-17(18)22/h6-14,20H,4-5,15H2,1-3H3,(H,23,26)/t20-/m1/s1. The highest BCUT2D eigenvalue weighted by molar-refractivity contribution is 9.10. The largest absolute Gasteiger partial charge is 0.342 e. The minimum absolute atomic E-state index is 0.00221. The van der Waals surface area contributed by atoms with Crippen LogP contribution in [-0.2, 0) is 9.59 Å². The SMILES string of the molecule is CCN(CC)C(=O)[C@@H](c1ccccc1)N(C)CC(=O)Nc1ccccc1Br. The van der Waals surface area contributed by atoms with Crippen LogP contribution in [0.5, 0.6) is 0 Å². The molecule has 0 heterocycles. The molecule has 0 aromatic heterocycles. The maximum absolute atomic E-state index is 13.1. The predicted molar refractivity (Wildman–Crippen MR) is 113 cm³/mol. The second kappa shape index (κ2) is 10.2. The normalized spacial score (nSPS) is 11.9. The first-order chi connectivity index (χ1) is 13.0. The summed E-state index contributed by atoms with van der Waals surface area (Å²) in [6, 6.07) is 16.5. The molecule has 0 aliphatic heterocycles. The van der Waals surface area contributed by atoms with Gasteiger partial charge in [-0.2, -0.15) is 0 Å². The van der Waals surface area contributed by atoms with Gasteiger partial charge in [-0.05, 0) is 54.5 Å². The van der Waals surface area contributed by atoms with Crippen LogP contribution in [0.25, 0.3) is 0 Å². The maximum atomic E-state index is 13.1. The van der Waals surface area contributed by atoms with E-state index in [9.17, 15) is 9.59 Å². The minimum Gasteiger partial charge on any atom is -0.342 e. The Morgan fingerprint density at radius 2 is 1.59 bits per heavy atom. The van der Waals surface area contributed by atoms with Crippen LogP contribution in [0.3, 0.4) is 0 Å². The molecule has 0 fully saturated rings. The van der Waals surface area contributed by atoms with Crippen LogP contribution in [0.15, 0.2) is 59.1 Å². The Kier molecular flexibility index (Phi) is 8.00. The van der Waals surface area contributed by atoms with Crippen LogP contribution >= 0.6 is 15.9 Å². The van der Waals surface area contributed by atoms with Gasteiger partial charge in [-0.15, -0.1) is 0 Å². The average molecular weight is 432 g/mol. The molecule has 27 heavy (non-hydrogen) atoms. The van der Waals surface area contributed by atoms with Crippen molar-refractivity contribution >= 4 is 33.4 Å². The zero-order valence-corrected chi connectivity index (χ0v) is 17.6. The topological polar surface area (TPSA) is 52.7 Å². The number of rotatable bonds is 8. The van der Waals surface area contributed by atoms with Crippen LogP contribution in [0, 0.1) is 0 Å². The number of likely N-dealkylation sites (N-methyl/N-ethyl adjacent to an activating group) is 2. The van der Waals surface area contributed by atoms with Gasteiger partial charge in [-0.1, -0.05) is 42.5 Å². The summed E-state index contributed by atoms with van der Waals surface area (Å²) in [5.74, 6) is -0.167. The Balaban J connectivity index is 2.18. The van der Waals surface area contributed by atoms with Gasteiger partial charge in [0.2, 0.25) is 11.8 Å². The van der Waals surface area contributed by atoms with Crippen molar-refractivity contribution in [2.24, 2.45) is 0 Å². The van der Waals surface area contributed by atoms with Crippen molar-refractivity contribution in [1.82, 2.24) is 9.80 Å². The molecule has 0 aliphatic carbocycles. The number of anilines is 1. The second-order valence-corrected chi connectivity index (χ2v) is 7.12. The molecule has 2 aromatic carbocycles. The molecule has 1 atom stereocenters. The molecule has 2 amide bonds. The second-order valence-electron chi connectivity index (χ2n) is 6.27. The van der Waals surface area contributed by atoms with Gasteiger partial charge in [0.15, 0.2) is 0 Å². The number of nitrogens with zero attached hydrogens (tertiary/aromatic N) is 2. The fourth-order valence-corrected chi connectivity index (χ4v) is 3.38. The summed E-state index contributed by atoms with van der Waals surface area (Å²) < 4.78 is 0.819. The molecule has 0 radical (unpaired) electrons. The number of hydrogen-bond donors (Lipinski definition) is 1. The molecule has 0 aliphatic rings. The summed E-state index contributed by atoms with van der Waals surface area (Å²) >= 11 is 3.43. The van der Waals surface area contributed by atoms with Crippen LogP contribution in [0.2, 0.25) is 0 Å². The molecule has 5 nitrogen and oxygen atoms in total. The highest BCUT2D eigenvalue weighted by Crippen LogP contribution is 2.24. The number of nitrogens with one attached hydrogen (secondary N) is 1. The van der Waals surface area contributed by atoms with E-state index in [4.69, 9.17) is 0 Å². The third kappa shape index (κ3) is 5.65. The van der Waals surface area contributed by atoms with E-state index in [0.29, 0.717) is 18.8 Å². The molecular weight excluding hydrogens is 406 g/mol. The van der Waals surface area contributed by atoms with E-state index in [2.05, 4.69) is 21.2 Å². The first-order valence-corrected chi connectivity index (χ1v) is 9.85. The number of halogens is 1. The molecule has 1 N–H and O–H groups in total. The van der Waals surface area contributed by atoms with Gasteiger partial charge in [0.25, 0.3) is 0 Å². The number of hydrogen-bond acceptors (Lipinski definition) is 3. The van der Waals surface area contributed by atoms with Gasteiger partial charge < -0.3 is 10.2 Å². The molecule has 0 saturated carbocycles. The zero-order chi connectivity index (χ0) is 19.8. The summed E-state index contributed by atoms with van der Waals surface area (Å²) in [5, 5.41) is 2.89. The van der Waals surface area contributed by atoms with E-state index in [1.54, 1.807) is 16.8 Å². The molecule has 0 spiro atoms. The van der Waals surface area contributed by atoms with E-state index < -0.39 is 6.04 Å². The molecule has 2 aromatic rings. The highest BCUT2D eigenvalue weighted by atomic mass is 79.9. The monoisotopic (exact) mass is 431 g/mol. The number of para-hydroxylation sites is 1. The van der Waals surface area contributed by atoms with Crippen LogP contribution < -0.4 is 5.32 Å². The third-order valence-corrected chi connectivity index (χ3v) is 5.10. The van der Waals surface area contributed by atoms with E-state index in [1.165, 1.54) is 0 Å². The lowest BCUT2D eigenvalue weighted by molar-refractivity contribution is -0.137. The third-order valence-electron chi connectivity index (χ3n) is 4.41. The van der Waals surface area contributed by atoms with E-state index >= 15 is 0 Å². The van der Waals surface area contributed by atoms with Crippen molar-refractivity contribution < 1.29 is 9.59 Å². The van der Waals surface area contributed by atoms with Crippen molar-refractivity contribution in [2.75, 3.05) is 32.0 Å². The molecule has 0 unspecified atom stereocenters. The van der Waals surface area contributed by atoms with Crippen molar-refractivity contribution in [3.05, 3.63) is 64.6 Å². The lowest BCUT2D eigenvalue weighted by atomic mass is 10.0. The van der Waals surface area contributed by atoms with E-state index in [1.807, 2.05) is 68.4 Å². The van der Waals surface area contributed by atoms with Crippen LogP contribution in [0.1, 0.15) is 25.5 Å². The molecule has 0 bridgehead atoms. The summed E-state index contributed by atoms with van der Waals surface area (Å²) in [4.78, 5) is 29.2. The fraction of sp³-hybridized carbons (Fsp3) is 0.333. The molecule has 2 rings (SSSR count).